The molecule has 0 N–H and O–H groups in total. The molecule has 104 valence electrons. The summed E-state index contributed by atoms with van der Waals surface area (Å²) >= 11 is -3.08. The molecule has 4 aromatic heterocycles. The number of aromatic nitrogens is 4. The van der Waals surface area contributed by atoms with Crippen LogP contribution in [0.15, 0.2) is 98.1 Å². The molecule has 0 aromatic carbocycles. The van der Waals surface area contributed by atoms with Crippen molar-refractivity contribution < 1.29 is 0 Å². The summed E-state index contributed by atoms with van der Waals surface area (Å²) in [7, 11) is 0. The van der Waals surface area contributed by atoms with E-state index >= 15 is 0 Å². The van der Waals surface area contributed by atoms with E-state index in [-0.39, 0.29) is 0 Å². The Morgan fingerprint density at radius 1 is 0.333 bits per heavy atom. The zero-order valence-electron chi connectivity index (χ0n) is 11.5. The Morgan fingerprint density at radius 3 is 0.714 bits per heavy atom. The molecule has 0 fully saturated rings. The third kappa shape index (κ3) is 1.76. The molecule has 0 amide bonds. The quantitative estimate of drug-likeness (QED) is 0.511. The number of hydrogen-bond acceptors (Lipinski definition) is 0. The summed E-state index contributed by atoms with van der Waals surface area (Å²) in [5, 5.41) is 0. The van der Waals surface area contributed by atoms with Gasteiger partial charge in [0.2, 0.25) is 0 Å². The molecular formula is C16H16GeN4. The van der Waals surface area contributed by atoms with Gasteiger partial charge in [-0.2, -0.15) is 0 Å². The minimum absolute atomic E-state index is 2.09. The molecule has 4 heterocycles. The van der Waals surface area contributed by atoms with Crippen LogP contribution >= 0.6 is 0 Å². The molecule has 4 nitrogen and oxygen atoms in total. The molecule has 0 saturated heterocycles. The van der Waals surface area contributed by atoms with Gasteiger partial charge < -0.3 is 0 Å². The van der Waals surface area contributed by atoms with Crippen molar-refractivity contribution in [3.63, 3.8) is 0 Å². The molecular weight excluding hydrogens is 321 g/mol. The van der Waals surface area contributed by atoms with E-state index in [2.05, 4.69) is 112 Å². The van der Waals surface area contributed by atoms with Gasteiger partial charge in [-0.15, -0.1) is 0 Å². The first-order chi connectivity index (χ1) is 10.4. The summed E-state index contributed by atoms with van der Waals surface area (Å²) in [5.41, 5.74) is 0. The Morgan fingerprint density at radius 2 is 0.524 bits per heavy atom. The maximum absolute atomic E-state index is 3.08. The number of rotatable bonds is 4. The van der Waals surface area contributed by atoms with Crippen molar-refractivity contribution in [2.24, 2.45) is 0 Å². The molecule has 4 rings (SSSR count). The van der Waals surface area contributed by atoms with Crippen molar-refractivity contribution in [1.29, 1.82) is 0 Å². The van der Waals surface area contributed by atoms with Gasteiger partial charge in [0.05, 0.1) is 0 Å². The molecule has 0 aliphatic carbocycles. The second-order valence-electron chi connectivity index (χ2n) is 4.96. The summed E-state index contributed by atoms with van der Waals surface area (Å²) in [6.07, 6.45) is 17.3. The van der Waals surface area contributed by atoms with Crippen LogP contribution in [0.1, 0.15) is 0 Å². The van der Waals surface area contributed by atoms with E-state index in [0.717, 1.165) is 0 Å². The average Bonchev–Trinajstić information content (AvgIpc) is 3.32. The van der Waals surface area contributed by atoms with Crippen LogP contribution in [-0.4, -0.2) is 28.3 Å². The predicted octanol–water partition coefficient (Wildman–Crippen LogP) is 2.82. The van der Waals surface area contributed by atoms with Crippen molar-refractivity contribution >= 4 is 14.2 Å². The van der Waals surface area contributed by atoms with Crippen LogP contribution in [0, 0.1) is 0 Å². The van der Waals surface area contributed by atoms with Gasteiger partial charge in [0.1, 0.15) is 0 Å². The standard InChI is InChI=1S/C16H16GeN4/c1-2-10-18(9-1)17(19-11-3-4-12-19,20-13-5-6-14-20)21-15-7-8-16-21/h1-16H. The fraction of sp³-hybridized carbons (Fsp3) is 0. The van der Waals surface area contributed by atoms with E-state index in [9.17, 15) is 0 Å². The van der Waals surface area contributed by atoms with Crippen LogP contribution in [0.4, 0.5) is 0 Å². The number of nitrogens with zero attached hydrogens (tertiary/aromatic N) is 4. The van der Waals surface area contributed by atoms with Gasteiger partial charge >= 0.3 is 126 Å². The summed E-state index contributed by atoms with van der Waals surface area (Å²) < 4.78 is 9.50. The van der Waals surface area contributed by atoms with Crippen LogP contribution in [0.3, 0.4) is 0 Å². The molecule has 0 aliphatic rings. The van der Waals surface area contributed by atoms with E-state index < -0.39 is 14.2 Å². The molecule has 21 heavy (non-hydrogen) atoms. The Hall–Kier alpha value is -2.34. The molecule has 0 spiro atoms. The first kappa shape index (κ1) is 12.4. The fourth-order valence-electron chi connectivity index (χ4n) is 2.94. The molecule has 4 aromatic rings. The van der Waals surface area contributed by atoms with Crippen molar-refractivity contribution in [1.82, 2.24) is 14.1 Å². The van der Waals surface area contributed by atoms with Gasteiger partial charge in [-0.05, 0) is 0 Å². The van der Waals surface area contributed by atoms with Gasteiger partial charge in [0, 0.05) is 0 Å². The summed E-state index contributed by atoms with van der Waals surface area (Å²) in [5.74, 6) is 0. The first-order valence-electron chi connectivity index (χ1n) is 6.96. The van der Waals surface area contributed by atoms with Crippen LogP contribution < -0.4 is 0 Å². The molecule has 5 heteroatoms. The van der Waals surface area contributed by atoms with Crippen LogP contribution in [0.25, 0.3) is 0 Å². The summed E-state index contributed by atoms with van der Waals surface area (Å²) in [4.78, 5) is 0. The molecule has 0 radical (unpaired) electrons. The monoisotopic (exact) mass is 338 g/mol. The van der Waals surface area contributed by atoms with Crippen molar-refractivity contribution in [3.8, 4) is 0 Å². The van der Waals surface area contributed by atoms with Gasteiger partial charge in [0.15, 0.2) is 0 Å². The van der Waals surface area contributed by atoms with Gasteiger partial charge in [0.25, 0.3) is 0 Å². The molecule has 0 unspecified atom stereocenters. The van der Waals surface area contributed by atoms with E-state index in [1.165, 1.54) is 0 Å². The topological polar surface area (TPSA) is 19.7 Å². The van der Waals surface area contributed by atoms with Crippen molar-refractivity contribution in [2.45, 2.75) is 0 Å². The third-order valence-corrected chi connectivity index (χ3v) is 12.1. The normalized spacial score (nSPS) is 11.8. The van der Waals surface area contributed by atoms with Gasteiger partial charge in [-0.25, -0.2) is 0 Å². The van der Waals surface area contributed by atoms with Gasteiger partial charge in [-0.1, -0.05) is 0 Å². The van der Waals surface area contributed by atoms with E-state index in [1.54, 1.807) is 0 Å². The Bertz CT molecular complexity index is 638. The predicted molar refractivity (Wildman–Crippen MR) is 85.1 cm³/mol. The SMILES string of the molecule is c1cc[n]([Ge]([n]2cccc2)([n]2cccc2)[n]2cccc2)c1. The van der Waals surface area contributed by atoms with Crippen LogP contribution in [-0.2, 0) is 0 Å². The van der Waals surface area contributed by atoms with E-state index in [0.29, 0.717) is 0 Å². The Balaban J connectivity index is 2.10. The zero-order chi connectivity index (χ0) is 14.1. The second-order valence-corrected chi connectivity index (χ2v) is 11.8. The fourth-order valence-corrected chi connectivity index (χ4v) is 11.1. The number of hydrogen-bond donors (Lipinski definition) is 0. The zero-order valence-corrected chi connectivity index (χ0v) is 13.6. The van der Waals surface area contributed by atoms with Crippen molar-refractivity contribution in [3.05, 3.63) is 98.1 Å². The van der Waals surface area contributed by atoms with Crippen LogP contribution in [0.2, 0.25) is 0 Å². The Kier molecular flexibility index (Phi) is 2.89. The molecule has 0 saturated carbocycles. The summed E-state index contributed by atoms with van der Waals surface area (Å²) in [6.45, 7) is 0. The van der Waals surface area contributed by atoms with Crippen LogP contribution in [0.5, 0.6) is 0 Å². The Labute approximate surface area is 126 Å². The van der Waals surface area contributed by atoms with E-state index in [4.69, 9.17) is 0 Å². The first-order valence-corrected chi connectivity index (χ1v) is 10.7. The molecule has 0 atom stereocenters. The van der Waals surface area contributed by atoms with E-state index in [1.807, 2.05) is 0 Å². The second kappa shape index (κ2) is 4.89. The van der Waals surface area contributed by atoms with Gasteiger partial charge in [-0.3, -0.25) is 0 Å². The average molecular weight is 337 g/mol. The molecule has 0 bridgehead atoms. The molecule has 0 aliphatic heterocycles. The maximum atomic E-state index is 2.38. The third-order valence-electron chi connectivity index (χ3n) is 3.80. The minimum atomic E-state index is -3.08. The van der Waals surface area contributed by atoms with Crippen molar-refractivity contribution in [2.75, 3.05) is 0 Å². The summed E-state index contributed by atoms with van der Waals surface area (Å²) in [6, 6.07) is 16.8.